The van der Waals surface area contributed by atoms with Gasteiger partial charge in [0.1, 0.15) is 5.75 Å². The van der Waals surface area contributed by atoms with Crippen LogP contribution in [0, 0.1) is 5.92 Å². The first-order valence-electron chi connectivity index (χ1n) is 12.5. The maximum Gasteiger partial charge on any atom is 0.243 e. The molecule has 0 aliphatic carbocycles. The Hall–Kier alpha value is -3.28. The van der Waals surface area contributed by atoms with Crippen molar-refractivity contribution >= 4 is 15.9 Å². The van der Waals surface area contributed by atoms with Crippen molar-refractivity contribution in [2.75, 3.05) is 46.4 Å². The highest BCUT2D eigenvalue weighted by Gasteiger charge is 2.34. The highest BCUT2D eigenvalue weighted by Crippen LogP contribution is 2.24. The van der Waals surface area contributed by atoms with E-state index < -0.39 is 10.0 Å². The Morgan fingerprint density at radius 3 is 2.46 bits per heavy atom. The molecule has 2 aliphatic rings. The number of carbonyl (C=O) groups excluding carboxylic acids is 1. The minimum absolute atomic E-state index is 0.0888. The zero-order valence-corrected chi connectivity index (χ0v) is 21.6. The van der Waals surface area contributed by atoms with E-state index in [0.29, 0.717) is 51.0 Å². The number of hydrogen-bond donors (Lipinski definition) is 0. The Balaban J connectivity index is 1.15. The SMILES string of the molecule is COc1ccc(-c2noc(CN3CCCC(C(=O)N4CCN(S(=O)(=O)c5ccccc5)CC4)C3)n2)cc1. The summed E-state index contributed by atoms with van der Waals surface area (Å²) in [5, 5.41) is 4.10. The third kappa shape index (κ3) is 5.68. The zero-order chi connectivity index (χ0) is 25.8. The van der Waals surface area contributed by atoms with Gasteiger partial charge in [0.05, 0.1) is 24.5 Å². The number of methoxy groups -OCH3 is 1. The fourth-order valence-corrected chi connectivity index (χ4v) is 6.36. The monoisotopic (exact) mass is 525 g/mol. The standard InChI is InChI=1S/C26H31N5O5S/c1-35-22-11-9-20(10-12-22)25-27-24(36-28-25)19-29-13-5-6-21(18-29)26(32)30-14-16-31(17-15-30)37(33,34)23-7-3-2-4-8-23/h2-4,7-12,21H,5-6,13-19H2,1H3. The van der Waals surface area contributed by atoms with Gasteiger partial charge in [0.15, 0.2) is 0 Å². The molecular weight excluding hydrogens is 494 g/mol. The largest absolute Gasteiger partial charge is 0.497 e. The van der Waals surface area contributed by atoms with Crippen LogP contribution in [0.1, 0.15) is 18.7 Å². The van der Waals surface area contributed by atoms with Gasteiger partial charge in [-0.1, -0.05) is 23.4 Å². The number of nitrogens with zero attached hydrogens (tertiary/aromatic N) is 5. The first-order valence-corrected chi connectivity index (χ1v) is 13.9. The van der Waals surface area contributed by atoms with Crippen LogP contribution in [0.3, 0.4) is 0 Å². The van der Waals surface area contributed by atoms with Crippen molar-refractivity contribution in [2.45, 2.75) is 24.3 Å². The summed E-state index contributed by atoms with van der Waals surface area (Å²) in [6, 6.07) is 15.9. The maximum absolute atomic E-state index is 13.3. The number of likely N-dealkylation sites (tertiary alicyclic amines) is 1. The lowest BCUT2D eigenvalue weighted by atomic mass is 9.96. The van der Waals surface area contributed by atoms with E-state index in [0.717, 1.165) is 30.7 Å². The van der Waals surface area contributed by atoms with Crippen LogP contribution in [0.15, 0.2) is 64.0 Å². The molecule has 1 unspecified atom stereocenters. The van der Waals surface area contributed by atoms with Gasteiger partial charge >= 0.3 is 0 Å². The third-order valence-corrected chi connectivity index (χ3v) is 8.87. The number of piperidine rings is 1. The Kier molecular flexibility index (Phi) is 7.54. The Morgan fingerprint density at radius 1 is 1.03 bits per heavy atom. The molecule has 10 nitrogen and oxygen atoms in total. The van der Waals surface area contributed by atoms with E-state index in [1.54, 1.807) is 42.3 Å². The lowest BCUT2D eigenvalue weighted by Gasteiger charge is -2.38. The summed E-state index contributed by atoms with van der Waals surface area (Å²) in [5.41, 5.74) is 0.843. The predicted molar refractivity (Wildman–Crippen MR) is 136 cm³/mol. The molecular formula is C26H31N5O5S. The molecule has 196 valence electrons. The van der Waals surface area contributed by atoms with Crippen molar-refractivity contribution in [2.24, 2.45) is 5.92 Å². The molecule has 0 spiro atoms. The average molecular weight is 526 g/mol. The highest BCUT2D eigenvalue weighted by molar-refractivity contribution is 7.89. The number of aromatic nitrogens is 2. The van der Waals surface area contributed by atoms with Crippen LogP contribution in [0.5, 0.6) is 5.75 Å². The van der Waals surface area contributed by atoms with E-state index in [4.69, 9.17) is 9.26 Å². The Bertz CT molecular complexity index is 1300. The first kappa shape index (κ1) is 25.4. The molecule has 3 heterocycles. The Labute approximate surface area is 216 Å². The molecule has 0 N–H and O–H groups in total. The van der Waals surface area contributed by atoms with Crippen molar-refractivity contribution in [3.8, 4) is 17.1 Å². The normalized spacial score (nSPS) is 19.6. The van der Waals surface area contributed by atoms with Crippen LogP contribution in [-0.2, 0) is 21.4 Å². The van der Waals surface area contributed by atoms with Crippen LogP contribution in [0.25, 0.3) is 11.4 Å². The minimum atomic E-state index is -3.54. The van der Waals surface area contributed by atoms with Crippen molar-refractivity contribution in [3.05, 3.63) is 60.5 Å². The molecule has 1 atom stereocenters. The van der Waals surface area contributed by atoms with Crippen molar-refractivity contribution in [1.29, 1.82) is 0 Å². The topological polar surface area (TPSA) is 109 Å². The van der Waals surface area contributed by atoms with Crippen LogP contribution in [-0.4, -0.2) is 84.9 Å². The average Bonchev–Trinajstić information content (AvgIpc) is 3.42. The quantitative estimate of drug-likeness (QED) is 0.463. The molecule has 2 saturated heterocycles. The zero-order valence-electron chi connectivity index (χ0n) is 20.8. The van der Waals surface area contributed by atoms with E-state index in [1.807, 2.05) is 24.3 Å². The van der Waals surface area contributed by atoms with Gasteiger partial charge in [0, 0.05) is 38.3 Å². The number of carbonyl (C=O) groups is 1. The van der Waals surface area contributed by atoms with Gasteiger partial charge in [-0.25, -0.2) is 8.42 Å². The van der Waals surface area contributed by atoms with Crippen molar-refractivity contribution in [1.82, 2.24) is 24.2 Å². The van der Waals surface area contributed by atoms with Gasteiger partial charge in [-0.2, -0.15) is 9.29 Å². The molecule has 0 saturated carbocycles. The Morgan fingerprint density at radius 2 is 1.76 bits per heavy atom. The van der Waals surface area contributed by atoms with Crippen LogP contribution >= 0.6 is 0 Å². The van der Waals surface area contributed by atoms with Crippen LogP contribution < -0.4 is 4.74 Å². The van der Waals surface area contributed by atoms with E-state index in [1.165, 1.54) is 4.31 Å². The van der Waals surface area contributed by atoms with E-state index in [9.17, 15) is 13.2 Å². The van der Waals surface area contributed by atoms with Gasteiger partial charge < -0.3 is 14.2 Å². The molecule has 3 aromatic rings. The maximum atomic E-state index is 13.3. The summed E-state index contributed by atoms with van der Waals surface area (Å²) < 4.78 is 37.9. The third-order valence-electron chi connectivity index (χ3n) is 6.96. The first-order chi connectivity index (χ1) is 17.9. The molecule has 37 heavy (non-hydrogen) atoms. The number of hydrogen-bond acceptors (Lipinski definition) is 8. The fourth-order valence-electron chi connectivity index (χ4n) is 4.92. The highest BCUT2D eigenvalue weighted by atomic mass is 32.2. The van der Waals surface area contributed by atoms with Crippen molar-refractivity contribution in [3.63, 3.8) is 0 Å². The smallest absolute Gasteiger partial charge is 0.243 e. The summed E-state index contributed by atoms with van der Waals surface area (Å²) in [6.07, 6.45) is 1.72. The molecule has 2 aliphatic heterocycles. The molecule has 1 amide bonds. The molecule has 0 bridgehead atoms. The number of piperazine rings is 1. The molecule has 5 rings (SSSR count). The second-order valence-electron chi connectivity index (χ2n) is 9.36. The lowest BCUT2D eigenvalue weighted by Crippen LogP contribution is -2.53. The minimum Gasteiger partial charge on any atom is -0.497 e. The van der Waals surface area contributed by atoms with E-state index >= 15 is 0 Å². The fraction of sp³-hybridized carbons (Fsp3) is 0.423. The second-order valence-corrected chi connectivity index (χ2v) is 11.3. The van der Waals surface area contributed by atoms with E-state index in [2.05, 4.69) is 15.0 Å². The second kappa shape index (κ2) is 11.0. The van der Waals surface area contributed by atoms with Gasteiger partial charge in [0.2, 0.25) is 27.6 Å². The number of sulfonamides is 1. The molecule has 2 aromatic carbocycles. The van der Waals surface area contributed by atoms with E-state index in [-0.39, 0.29) is 16.7 Å². The molecule has 11 heteroatoms. The predicted octanol–water partition coefficient (Wildman–Crippen LogP) is 2.49. The van der Waals surface area contributed by atoms with Gasteiger partial charge in [-0.05, 0) is 55.8 Å². The summed E-state index contributed by atoms with van der Waals surface area (Å²) in [7, 11) is -1.92. The summed E-state index contributed by atoms with van der Waals surface area (Å²) in [5.74, 6) is 1.75. The van der Waals surface area contributed by atoms with Crippen LogP contribution in [0.2, 0.25) is 0 Å². The molecule has 2 fully saturated rings. The van der Waals surface area contributed by atoms with Crippen LogP contribution in [0.4, 0.5) is 0 Å². The number of amides is 1. The van der Waals surface area contributed by atoms with Gasteiger partial charge in [0.25, 0.3) is 0 Å². The van der Waals surface area contributed by atoms with Gasteiger partial charge in [-0.15, -0.1) is 0 Å². The lowest BCUT2D eigenvalue weighted by molar-refractivity contribution is -0.138. The van der Waals surface area contributed by atoms with Crippen molar-refractivity contribution < 1.29 is 22.5 Å². The van der Waals surface area contributed by atoms with Gasteiger partial charge in [-0.3, -0.25) is 9.69 Å². The molecule has 0 radical (unpaired) electrons. The number of rotatable bonds is 7. The summed E-state index contributed by atoms with van der Waals surface area (Å²) in [4.78, 5) is 22.1. The summed E-state index contributed by atoms with van der Waals surface area (Å²) >= 11 is 0. The number of ether oxygens (including phenoxy) is 1. The number of benzene rings is 2. The molecule has 1 aromatic heterocycles. The summed E-state index contributed by atoms with van der Waals surface area (Å²) in [6.45, 7) is 3.35.